The van der Waals surface area contributed by atoms with Gasteiger partial charge < -0.3 is 10.1 Å². The van der Waals surface area contributed by atoms with Crippen LogP contribution in [0.2, 0.25) is 0 Å². The number of benzene rings is 2. The minimum absolute atomic E-state index is 0.0984. The van der Waals surface area contributed by atoms with Gasteiger partial charge >= 0.3 is 0 Å². The highest BCUT2D eigenvalue weighted by Gasteiger charge is 2.26. The Morgan fingerprint density at radius 1 is 0.969 bits per heavy atom. The number of hydrogen-bond acceptors (Lipinski definition) is 6. The number of nitrogens with zero attached hydrogens (tertiary/aromatic N) is 2. The zero-order valence-corrected chi connectivity index (χ0v) is 19.4. The molecule has 0 aliphatic carbocycles. The third-order valence-electron chi connectivity index (χ3n) is 5.01. The predicted octanol–water partition coefficient (Wildman–Crippen LogP) is 0.786. The molecule has 0 unspecified atom stereocenters. The molecule has 0 saturated carbocycles. The quantitative estimate of drug-likeness (QED) is 0.567. The molecule has 1 heterocycles. The zero-order chi connectivity index (χ0) is 23.2. The van der Waals surface area contributed by atoms with Crippen molar-refractivity contribution < 1.29 is 26.4 Å². The Balaban J connectivity index is 1.57. The summed E-state index contributed by atoms with van der Waals surface area (Å²) in [5.74, 6) is -0.448. The van der Waals surface area contributed by atoms with E-state index in [0.29, 0.717) is 31.9 Å². The Labute approximate surface area is 189 Å². The summed E-state index contributed by atoms with van der Waals surface area (Å²) in [7, 11) is -7.16. The third-order valence-corrected chi connectivity index (χ3v) is 8.12. The molecule has 1 amide bonds. The smallest absolute Gasteiger partial charge is 0.243 e. The normalized spacial score (nSPS) is 15.6. The van der Waals surface area contributed by atoms with Crippen LogP contribution in [0.1, 0.15) is 11.1 Å². The summed E-state index contributed by atoms with van der Waals surface area (Å²) in [5, 5.41) is 2.69. The van der Waals surface area contributed by atoms with Crippen LogP contribution in [0.3, 0.4) is 0 Å². The molecule has 2 aromatic carbocycles. The lowest BCUT2D eigenvalue weighted by Gasteiger charge is -2.26. The van der Waals surface area contributed by atoms with Crippen molar-refractivity contribution in [3.05, 3.63) is 65.7 Å². The van der Waals surface area contributed by atoms with Crippen LogP contribution in [-0.4, -0.2) is 70.5 Å². The van der Waals surface area contributed by atoms with Crippen LogP contribution in [-0.2, 0) is 42.7 Å². The molecule has 9 nitrogen and oxygen atoms in total. The molecule has 3 rings (SSSR count). The average Bonchev–Trinajstić information content (AvgIpc) is 2.78. The average molecular weight is 482 g/mol. The third kappa shape index (κ3) is 6.59. The van der Waals surface area contributed by atoms with Gasteiger partial charge in [0.15, 0.2) is 0 Å². The van der Waals surface area contributed by atoms with Crippen molar-refractivity contribution in [1.29, 1.82) is 0 Å². The first-order valence-corrected chi connectivity index (χ1v) is 13.4. The molecular formula is C21H27N3O6S2. The largest absolute Gasteiger partial charge is 0.379 e. The maximum atomic E-state index is 12.7. The maximum absolute atomic E-state index is 12.7. The van der Waals surface area contributed by atoms with Crippen LogP contribution >= 0.6 is 0 Å². The van der Waals surface area contributed by atoms with E-state index in [1.165, 1.54) is 16.4 Å². The highest BCUT2D eigenvalue weighted by atomic mass is 32.2. The summed E-state index contributed by atoms with van der Waals surface area (Å²) in [6, 6.07) is 15.3. The number of nitrogens with one attached hydrogen (secondary N) is 1. The molecule has 174 valence electrons. The Hall–Kier alpha value is -2.31. The van der Waals surface area contributed by atoms with E-state index in [0.717, 1.165) is 16.1 Å². The van der Waals surface area contributed by atoms with Gasteiger partial charge in [0.05, 0.1) is 30.9 Å². The number of morpholine rings is 1. The Morgan fingerprint density at radius 2 is 1.59 bits per heavy atom. The number of rotatable bonds is 9. The highest BCUT2D eigenvalue weighted by molar-refractivity contribution is 7.89. The molecule has 0 aromatic heterocycles. The first-order chi connectivity index (χ1) is 15.2. The number of sulfonamides is 2. The van der Waals surface area contributed by atoms with E-state index in [9.17, 15) is 21.6 Å². The van der Waals surface area contributed by atoms with Crippen molar-refractivity contribution in [2.75, 3.05) is 39.1 Å². The van der Waals surface area contributed by atoms with Crippen LogP contribution in [0.25, 0.3) is 0 Å². The van der Waals surface area contributed by atoms with Crippen molar-refractivity contribution in [2.45, 2.75) is 18.0 Å². The van der Waals surface area contributed by atoms with Gasteiger partial charge in [0.25, 0.3) is 0 Å². The van der Waals surface area contributed by atoms with Gasteiger partial charge in [-0.05, 0) is 23.3 Å². The second-order valence-electron chi connectivity index (χ2n) is 7.45. The molecule has 2 aromatic rings. The van der Waals surface area contributed by atoms with Gasteiger partial charge in [-0.1, -0.05) is 42.5 Å². The number of carbonyl (C=O) groups is 1. The lowest BCUT2D eigenvalue weighted by Crippen LogP contribution is -2.40. The molecule has 1 aliphatic rings. The number of hydrogen-bond donors (Lipinski definition) is 1. The molecule has 0 radical (unpaired) electrons. The molecule has 0 spiro atoms. The summed E-state index contributed by atoms with van der Waals surface area (Å²) in [6.07, 6.45) is 1.07. The van der Waals surface area contributed by atoms with Gasteiger partial charge in [-0.25, -0.2) is 16.8 Å². The fourth-order valence-corrected chi connectivity index (χ4v) is 5.35. The van der Waals surface area contributed by atoms with E-state index >= 15 is 0 Å². The molecule has 1 saturated heterocycles. The van der Waals surface area contributed by atoms with Crippen molar-refractivity contribution in [3.63, 3.8) is 0 Å². The number of amides is 1. The zero-order valence-electron chi connectivity index (χ0n) is 17.8. The lowest BCUT2D eigenvalue weighted by atomic mass is 10.2. The fourth-order valence-electron chi connectivity index (χ4n) is 3.21. The number of ether oxygens (including phenoxy) is 1. The van der Waals surface area contributed by atoms with Gasteiger partial charge in [-0.15, -0.1) is 0 Å². The van der Waals surface area contributed by atoms with E-state index in [1.807, 2.05) is 6.07 Å². The van der Waals surface area contributed by atoms with Crippen molar-refractivity contribution in [2.24, 2.45) is 0 Å². The van der Waals surface area contributed by atoms with E-state index < -0.39 is 26.0 Å². The van der Waals surface area contributed by atoms with E-state index in [1.54, 1.807) is 36.4 Å². The van der Waals surface area contributed by atoms with Gasteiger partial charge in [0, 0.05) is 26.2 Å². The van der Waals surface area contributed by atoms with E-state index in [2.05, 4.69) is 5.32 Å². The molecule has 0 bridgehead atoms. The van der Waals surface area contributed by atoms with Crippen molar-refractivity contribution >= 4 is 26.0 Å². The molecule has 1 N–H and O–H groups in total. The minimum Gasteiger partial charge on any atom is -0.379 e. The molecular weight excluding hydrogens is 454 g/mol. The monoisotopic (exact) mass is 481 g/mol. The first-order valence-electron chi connectivity index (χ1n) is 10.1. The van der Waals surface area contributed by atoms with Crippen LogP contribution < -0.4 is 5.32 Å². The topological polar surface area (TPSA) is 113 Å². The maximum Gasteiger partial charge on any atom is 0.243 e. The predicted molar refractivity (Wildman–Crippen MR) is 120 cm³/mol. The summed E-state index contributed by atoms with van der Waals surface area (Å²) in [4.78, 5) is 12.5. The van der Waals surface area contributed by atoms with E-state index in [-0.39, 0.29) is 24.5 Å². The van der Waals surface area contributed by atoms with Crippen molar-refractivity contribution in [3.8, 4) is 0 Å². The van der Waals surface area contributed by atoms with Crippen molar-refractivity contribution in [1.82, 2.24) is 13.9 Å². The SMILES string of the molecule is CS(=O)(=O)N(CC(=O)NCc1ccc(S(=O)(=O)N2CCOCC2)cc1)Cc1ccccc1. The summed E-state index contributed by atoms with van der Waals surface area (Å²) in [5.41, 5.74) is 1.48. The molecule has 1 aliphatic heterocycles. The minimum atomic E-state index is -3.58. The molecule has 0 atom stereocenters. The lowest BCUT2D eigenvalue weighted by molar-refractivity contribution is -0.121. The van der Waals surface area contributed by atoms with Gasteiger partial charge in [0.2, 0.25) is 26.0 Å². The number of carbonyl (C=O) groups excluding carboxylic acids is 1. The first kappa shape index (κ1) is 24.3. The Bertz CT molecular complexity index is 1110. The second kappa shape index (κ2) is 10.5. The molecule has 32 heavy (non-hydrogen) atoms. The van der Waals surface area contributed by atoms with Crippen LogP contribution in [0.5, 0.6) is 0 Å². The van der Waals surface area contributed by atoms with Gasteiger partial charge in [0.1, 0.15) is 0 Å². The molecule has 1 fully saturated rings. The van der Waals surface area contributed by atoms with Crippen LogP contribution in [0.4, 0.5) is 0 Å². The van der Waals surface area contributed by atoms with Crippen LogP contribution in [0, 0.1) is 0 Å². The van der Waals surface area contributed by atoms with Gasteiger partial charge in [-0.2, -0.15) is 8.61 Å². The molecule has 11 heteroatoms. The standard InChI is InChI=1S/C21H27N3O6S2/c1-31(26,27)24(16-19-5-3-2-4-6-19)17-21(25)22-15-18-7-9-20(10-8-18)32(28,29)23-11-13-30-14-12-23/h2-10H,11-17H2,1H3,(H,22,25). The van der Waals surface area contributed by atoms with Gasteiger partial charge in [-0.3, -0.25) is 4.79 Å². The highest BCUT2D eigenvalue weighted by Crippen LogP contribution is 2.17. The Morgan fingerprint density at radius 3 is 2.19 bits per heavy atom. The van der Waals surface area contributed by atoms with Crippen LogP contribution in [0.15, 0.2) is 59.5 Å². The van der Waals surface area contributed by atoms with E-state index in [4.69, 9.17) is 4.74 Å². The summed E-state index contributed by atoms with van der Waals surface area (Å²) < 4.78 is 57.2. The summed E-state index contributed by atoms with van der Waals surface area (Å²) in [6.45, 7) is 1.33. The second-order valence-corrected chi connectivity index (χ2v) is 11.4. The fraction of sp³-hybridized carbons (Fsp3) is 0.381. The Kier molecular flexibility index (Phi) is 8.01. The summed E-state index contributed by atoms with van der Waals surface area (Å²) >= 11 is 0.